The molecule has 1 heterocycles. The summed E-state index contributed by atoms with van der Waals surface area (Å²) >= 11 is 0. The SMILES string of the molecule is CCCCCCCCCCCCCCCc1n(CCC)cc[n+]1CCC. The second-order valence-electron chi connectivity index (χ2n) is 8.09. The molecule has 0 fully saturated rings. The maximum atomic E-state index is 2.48. The fraction of sp³-hybridized carbons (Fsp3) is 0.875. The molecule has 0 atom stereocenters. The van der Waals surface area contributed by atoms with E-state index in [1.807, 2.05) is 0 Å². The van der Waals surface area contributed by atoms with Crippen molar-refractivity contribution in [2.45, 2.75) is 137 Å². The summed E-state index contributed by atoms with van der Waals surface area (Å²) in [6.45, 7) is 9.19. The quantitative estimate of drug-likeness (QED) is 0.192. The third kappa shape index (κ3) is 10.4. The van der Waals surface area contributed by atoms with E-state index in [0.29, 0.717) is 0 Å². The van der Waals surface area contributed by atoms with Crippen molar-refractivity contribution in [2.24, 2.45) is 0 Å². The van der Waals surface area contributed by atoms with Crippen molar-refractivity contribution < 1.29 is 4.57 Å². The predicted octanol–water partition coefficient (Wildman–Crippen LogP) is 7.23. The Hall–Kier alpha value is -0.790. The molecule has 0 amide bonds. The third-order valence-electron chi connectivity index (χ3n) is 5.52. The van der Waals surface area contributed by atoms with Gasteiger partial charge in [0.05, 0.1) is 13.1 Å². The molecule has 2 nitrogen and oxygen atoms in total. The lowest BCUT2D eigenvalue weighted by Crippen LogP contribution is -2.37. The Labute approximate surface area is 164 Å². The van der Waals surface area contributed by atoms with E-state index in [1.54, 1.807) is 5.82 Å². The predicted molar refractivity (Wildman–Crippen MR) is 115 cm³/mol. The zero-order valence-corrected chi connectivity index (χ0v) is 18.3. The van der Waals surface area contributed by atoms with Crippen LogP contribution in [-0.2, 0) is 19.5 Å². The van der Waals surface area contributed by atoms with Gasteiger partial charge in [-0.25, -0.2) is 9.13 Å². The largest absolute Gasteiger partial charge is 0.256 e. The van der Waals surface area contributed by atoms with Gasteiger partial charge < -0.3 is 0 Å². The monoisotopic (exact) mass is 363 g/mol. The summed E-state index contributed by atoms with van der Waals surface area (Å²) < 4.78 is 4.96. The van der Waals surface area contributed by atoms with Gasteiger partial charge in [0.15, 0.2) is 0 Å². The van der Waals surface area contributed by atoms with Gasteiger partial charge >= 0.3 is 0 Å². The fourth-order valence-electron chi connectivity index (χ4n) is 3.98. The van der Waals surface area contributed by atoms with E-state index in [2.05, 4.69) is 42.3 Å². The van der Waals surface area contributed by atoms with Gasteiger partial charge in [-0.1, -0.05) is 97.8 Å². The van der Waals surface area contributed by atoms with Gasteiger partial charge in [-0.2, -0.15) is 0 Å². The van der Waals surface area contributed by atoms with Crippen LogP contribution in [0.3, 0.4) is 0 Å². The molecule has 1 aromatic heterocycles. The van der Waals surface area contributed by atoms with E-state index < -0.39 is 0 Å². The molecule has 0 bridgehead atoms. The summed E-state index contributed by atoms with van der Waals surface area (Å²) in [4.78, 5) is 0. The van der Waals surface area contributed by atoms with Crippen molar-refractivity contribution in [1.82, 2.24) is 4.57 Å². The second kappa shape index (κ2) is 16.4. The van der Waals surface area contributed by atoms with Crippen molar-refractivity contribution in [3.8, 4) is 0 Å². The van der Waals surface area contributed by atoms with E-state index >= 15 is 0 Å². The van der Waals surface area contributed by atoms with Gasteiger partial charge in [0.1, 0.15) is 12.4 Å². The average Bonchev–Trinajstić information content (AvgIpc) is 3.01. The summed E-state index contributed by atoms with van der Waals surface area (Å²) in [7, 11) is 0. The van der Waals surface area contributed by atoms with Crippen LogP contribution in [0.5, 0.6) is 0 Å². The number of imidazole rings is 1. The van der Waals surface area contributed by atoms with E-state index in [1.165, 1.54) is 116 Å². The Balaban J connectivity index is 2.03. The Morgan fingerprint density at radius 3 is 1.69 bits per heavy atom. The summed E-state index contributed by atoms with van der Waals surface area (Å²) in [6.07, 6.45) is 27.0. The molecule has 0 saturated heterocycles. The lowest BCUT2D eigenvalue weighted by Gasteiger charge is -2.05. The van der Waals surface area contributed by atoms with Crippen LogP contribution in [0.25, 0.3) is 0 Å². The number of hydrogen-bond acceptors (Lipinski definition) is 0. The van der Waals surface area contributed by atoms with Crippen molar-refractivity contribution >= 4 is 0 Å². The topological polar surface area (TPSA) is 8.81 Å². The zero-order valence-electron chi connectivity index (χ0n) is 18.3. The Kier molecular flexibility index (Phi) is 14.7. The second-order valence-corrected chi connectivity index (χ2v) is 8.09. The Bertz CT molecular complexity index is 398. The van der Waals surface area contributed by atoms with Crippen LogP contribution in [0.2, 0.25) is 0 Å². The number of rotatable bonds is 18. The highest BCUT2D eigenvalue weighted by Crippen LogP contribution is 2.13. The zero-order chi connectivity index (χ0) is 18.9. The molecule has 0 spiro atoms. The molecule has 152 valence electrons. The lowest BCUT2D eigenvalue weighted by atomic mass is 10.0. The first-order valence-corrected chi connectivity index (χ1v) is 11.9. The van der Waals surface area contributed by atoms with Crippen molar-refractivity contribution in [3.63, 3.8) is 0 Å². The minimum atomic E-state index is 1.17. The number of unbranched alkanes of at least 4 members (excludes halogenated alkanes) is 12. The normalized spacial score (nSPS) is 11.3. The van der Waals surface area contributed by atoms with Crippen LogP contribution >= 0.6 is 0 Å². The van der Waals surface area contributed by atoms with Gasteiger partial charge in [0.25, 0.3) is 5.82 Å². The molecule has 0 aromatic carbocycles. The summed E-state index contributed by atoms with van der Waals surface area (Å²) in [5, 5.41) is 0. The van der Waals surface area contributed by atoms with Crippen molar-refractivity contribution in [1.29, 1.82) is 0 Å². The number of aromatic nitrogens is 2. The molecule has 0 saturated carbocycles. The molecule has 0 N–H and O–H groups in total. The molecule has 26 heavy (non-hydrogen) atoms. The molecule has 2 heteroatoms. The molecule has 1 rings (SSSR count). The van der Waals surface area contributed by atoms with Crippen LogP contribution < -0.4 is 4.57 Å². The molecule has 0 aliphatic carbocycles. The van der Waals surface area contributed by atoms with E-state index in [0.717, 1.165) is 0 Å². The van der Waals surface area contributed by atoms with Gasteiger partial charge in [0, 0.05) is 6.42 Å². The number of aryl methyl sites for hydroxylation is 2. The highest BCUT2D eigenvalue weighted by atomic mass is 15.1. The van der Waals surface area contributed by atoms with E-state index in [-0.39, 0.29) is 0 Å². The third-order valence-corrected chi connectivity index (χ3v) is 5.52. The summed E-state index contributed by atoms with van der Waals surface area (Å²) in [6, 6.07) is 0. The van der Waals surface area contributed by atoms with Crippen molar-refractivity contribution in [3.05, 3.63) is 18.2 Å². The molecular formula is C24H47N2+. The Morgan fingerprint density at radius 2 is 1.19 bits per heavy atom. The standard InChI is InChI=1S/C24H47N2/c1-4-7-8-9-10-11-12-13-14-15-16-17-18-19-24-25(20-5-2)22-23-26(24)21-6-3/h22-23H,4-21H2,1-3H3/q+1. The maximum absolute atomic E-state index is 2.48. The molecule has 0 aliphatic heterocycles. The minimum absolute atomic E-state index is 1.17. The smallest absolute Gasteiger partial charge is 0.234 e. The molecule has 0 aliphatic rings. The highest BCUT2D eigenvalue weighted by molar-refractivity contribution is 4.84. The first-order chi connectivity index (χ1) is 12.8. The van der Waals surface area contributed by atoms with E-state index in [9.17, 15) is 0 Å². The molecular weight excluding hydrogens is 316 g/mol. The van der Waals surface area contributed by atoms with E-state index in [4.69, 9.17) is 0 Å². The van der Waals surface area contributed by atoms with Crippen LogP contribution in [0.15, 0.2) is 12.4 Å². The maximum Gasteiger partial charge on any atom is 0.256 e. The fourth-order valence-corrected chi connectivity index (χ4v) is 3.98. The van der Waals surface area contributed by atoms with Gasteiger partial charge in [-0.3, -0.25) is 0 Å². The van der Waals surface area contributed by atoms with Gasteiger partial charge in [0.2, 0.25) is 0 Å². The van der Waals surface area contributed by atoms with Crippen LogP contribution in [0.4, 0.5) is 0 Å². The number of nitrogens with zero attached hydrogens (tertiary/aromatic N) is 2. The lowest BCUT2D eigenvalue weighted by molar-refractivity contribution is -0.703. The Morgan fingerprint density at radius 1 is 0.654 bits per heavy atom. The van der Waals surface area contributed by atoms with Crippen LogP contribution in [0.1, 0.15) is 123 Å². The first kappa shape index (κ1) is 23.2. The molecule has 1 aromatic rings. The number of hydrogen-bond donors (Lipinski definition) is 0. The van der Waals surface area contributed by atoms with Crippen molar-refractivity contribution in [2.75, 3.05) is 0 Å². The van der Waals surface area contributed by atoms with Gasteiger partial charge in [-0.05, 0) is 19.3 Å². The highest BCUT2D eigenvalue weighted by Gasteiger charge is 2.15. The average molecular weight is 364 g/mol. The molecule has 0 unspecified atom stereocenters. The summed E-state index contributed by atoms with van der Waals surface area (Å²) in [5.41, 5.74) is 0. The van der Waals surface area contributed by atoms with Crippen LogP contribution in [-0.4, -0.2) is 4.57 Å². The minimum Gasteiger partial charge on any atom is -0.234 e. The first-order valence-electron chi connectivity index (χ1n) is 11.9. The van der Waals surface area contributed by atoms with Crippen LogP contribution in [0, 0.1) is 0 Å². The molecule has 0 radical (unpaired) electrons. The van der Waals surface area contributed by atoms with Gasteiger partial charge in [-0.15, -0.1) is 0 Å². The summed E-state index contributed by atoms with van der Waals surface area (Å²) in [5.74, 6) is 1.55.